The molecule has 0 saturated carbocycles. The number of benzene rings is 2. The molecule has 150 valence electrons. The summed E-state index contributed by atoms with van der Waals surface area (Å²) in [5.74, 6) is 1.23. The molecule has 1 unspecified atom stereocenters. The molecule has 0 saturated heterocycles. The third kappa shape index (κ3) is 3.37. The van der Waals surface area contributed by atoms with Crippen LogP contribution in [-0.4, -0.2) is 42.5 Å². The Hall–Kier alpha value is -3.55. The highest BCUT2D eigenvalue weighted by molar-refractivity contribution is 6.14. The van der Waals surface area contributed by atoms with E-state index in [1.807, 2.05) is 31.2 Å². The first-order valence-corrected chi connectivity index (χ1v) is 9.30. The van der Waals surface area contributed by atoms with Crippen molar-refractivity contribution < 1.29 is 19.1 Å². The molecule has 0 fully saturated rings. The number of nitrogens with zero attached hydrogens (tertiary/aromatic N) is 3. The number of amides is 3. The predicted octanol–water partition coefficient (Wildman–Crippen LogP) is 2.48. The summed E-state index contributed by atoms with van der Waals surface area (Å²) >= 11 is 0. The minimum Gasteiger partial charge on any atom is -0.454 e. The van der Waals surface area contributed by atoms with Gasteiger partial charge in [-0.1, -0.05) is 12.1 Å². The van der Waals surface area contributed by atoms with Gasteiger partial charge in [0.25, 0.3) is 0 Å². The Balaban J connectivity index is 1.84. The Bertz CT molecular complexity index is 1020. The van der Waals surface area contributed by atoms with Crippen molar-refractivity contribution in [3.63, 3.8) is 0 Å². The number of anilines is 1. The maximum Gasteiger partial charge on any atom is 0.318 e. The first kappa shape index (κ1) is 18.8. The summed E-state index contributed by atoms with van der Waals surface area (Å²) in [5.41, 5.74) is 9.40. The number of hydrazone groups is 1. The molecule has 2 N–H and O–H groups in total. The van der Waals surface area contributed by atoms with Crippen LogP contribution in [0.3, 0.4) is 0 Å². The highest BCUT2D eigenvalue weighted by Crippen LogP contribution is 2.37. The standard InChI is InChI=1S/C21H22N4O4/c1-12-8-15-9-18-19(29-11-28-18)10-17(15)20(23-25(12)13(2)26)14-4-6-16(7-5-14)24(3)21(22)27/h4-7,9-10,12H,8,11H2,1-3H3,(H2,22,27). The van der Waals surface area contributed by atoms with Gasteiger partial charge in [-0.3, -0.25) is 9.69 Å². The smallest absolute Gasteiger partial charge is 0.318 e. The molecule has 2 aliphatic heterocycles. The quantitative estimate of drug-likeness (QED) is 0.846. The van der Waals surface area contributed by atoms with Gasteiger partial charge in [0.2, 0.25) is 12.7 Å². The fraction of sp³-hybridized carbons (Fsp3) is 0.286. The second kappa shape index (κ2) is 7.12. The number of hydrogen-bond donors (Lipinski definition) is 1. The van der Waals surface area contributed by atoms with Crippen molar-refractivity contribution in [3.8, 4) is 11.5 Å². The summed E-state index contributed by atoms with van der Waals surface area (Å²) < 4.78 is 11.1. The van der Waals surface area contributed by atoms with Gasteiger partial charge in [0.05, 0.1) is 11.8 Å². The normalized spacial score (nSPS) is 17.3. The SMILES string of the molecule is CC(=O)N1N=C(c2ccc(N(C)C(N)=O)cc2)c2cc3c(cc2CC1C)OCO3. The van der Waals surface area contributed by atoms with E-state index >= 15 is 0 Å². The molecule has 2 aromatic carbocycles. The lowest BCUT2D eigenvalue weighted by molar-refractivity contribution is -0.130. The zero-order valence-electron chi connectivity index (χ0n) is 16.5. The number of fused-ring (bicyclic) bond motifs is 2. The predicted molar refractivity (Wildman–Crippen MR) is 108 cm³/mol. The number of rotatable bonds is 2. The van der Waals surface area contributed by atoms with Crippen molar-refractivity contribution in [3.05, 3.63) is 53.1 Å². The molecule has 0 aliphatic carbocycles. The minimum atomic E-state index is -0.542. The van der Waals surface area contributed by atoms with Crippen molar-refractivity contribution in [1.29, 1.82) is 0 Å². The highest BCUT2D eigenvalue weighted by atomic mass is 16.7. The molecule has 3 amide bonds. The second-order valence-electron chi connectivity index (χ2n) is 7.17. The van der Waals surface area contributed by atoms with Crippen LogP contribution in [0.4, 0.5) is 10.5 Å². The van der Waals surface area contributed by atoms with Crippen LogP contribution < -0.4 is 20.1 Å². The maximum absolute atomic E-state index is 12.2. The first-order valence-electron chi connectivity index (χ1n) is 9.30. The fourth-order valence-corrected chi connectivity index (χ4v) is 3.60. The molecule has 2 aliphatic rings. The van der Waals surface area contributed by atoms with Crippen LogP contribution in [0, 0.1) is 0 Å². The van der Waals surface area contributed by atoms with Crippen molar-refractivity contribution >= 4 is 23.3 Å². The molecule has 0 aromatic heterocycles. The topological polar surface area (TPSA) is 97.5 Å². The molecule has 2 aromatic rings. The lowest BCUT2D eigenvalue weighted by Gasteiger charge is -2.21. The van der Waals surface area contributed by atoms with Crippen LogP contribution in [0.1, 0.15) is 30.5 Å². The number of nitrogens with two attached hydrogens (primary N) is 1. The van der Waals surface area contributed by atoms with Gasteiger partial charge in [-0.25, -0.2) is 9.80 Å². The van der Waals surface area contributed by atoms with E-state index in [0.29, 0.717) is 29.3 Å². The fourth-order valence-electron chi connectivity index (χ4n) is 3.60. The number of carbonyl (C=O) groups excluding carboxylic acids is 2. The summed E-state index contributed by atoms with van der Waals surface area (Å²) in [6.07, 6.45) is 0.640. The number of hydrogen-bond acceptors (Lipinski definition) is 5. The van der Waals surface area contributed by atoms with E-state index in [-0.39, 0.29) is 18.7 Å². The summed E-state index contributed by atoms with van der Waals surface area (Å²) in [6.45, 7) is 3.66. The van der Waals surface area contributed by atoms with E-state index in [0.717, 1.165) is 16.7 Å². The lowest BCUT2D eigenvalue weighted by Crippen LogP contribution is -2.33. The maximum atomic E-state index is 12.2. The van der Waals surface area contributed by atoms with Gasteiger partial charge in [-0.15, -0.1) is 0 Å². The van der Waals surface area contributed by atoms with E-state index in [4.69, 9.17) is 20.3 Å². The zero-order valence-corrected chi connectivity index (χ0v) is 16.5. The number of ether oxygens (including phenoxy) is 2. The van der Waals surface area contributed by atoms with Gasteiger partial charge in [-0.05, 0) is 43.2 Å². The summed E-state index contributed by atoms with van der Waals surface area (Å²) in [6, 6.07) is 10.5. The Labute approximate surface area is 168 Å². The van der Waals surface area contributed by atoms with Gasteiger partial charge in [0.15, 0.2) is 11.5 Å². The Morgan fingerprint density at radius 1 is 1.17 bits per heavy atom. The molecule has 8 nitrogen and oxygen atoms in total. The van der Waals surface area contributed by atoms with Gasteiger partial charge in [0.1, 0.15) is 0 Å². The molecule has 0 bridgehead atoms. The molecule has 2 heterocycles. The van der Waals surface area contributed by atoms with Crippen LogP contribution in [0.25, 0.3) is 0 Å². The Morgan fingerprint density at radius 3 is 2.45 bits per heavy atom. The summed E-state index contributed by atoms with van der Waals surface area (Å²) in [4.78, 5) is 25.0. The van der Waals surface area contributed by atoms with Crippen molar-refractivity contribution in [2.45, 2.75) is 26.3 Å². The van der Waals surface area contributed by atoms with Gasteiger partial charge < -0.3 is 15.2 Å². The number of primary amides is 1. The highest BCUT2D eigenvalue weighted by Gasteiger charge is 2.28. The minimum absolute atomic E-state index is 0.107. The van der Waals surface area contributed by atoms with Crippen molar-refractivity contribution in [2.75, 3.05) is 18.7 Å². The number of urea groups is 1. The molecule has 0 radical (unpaired) electrons. The molecule has 29 heavy (non-hydrogen) atoms. The summed E-state index contributed by atoms with van der Waals surface area (Å²) in [7, 11) is 1.61. The molecule has 8 heteroatoms. The Morgan fingerprint density at radius 2 is 1.83 bits per heavy atom. The largest absolute Gasteiger partial charge is 0.454 e. The zero-order chi connectivity index (χ0) is 20.7. The molecule has 0 spiro atoms. The average molecular weight is 394 g/mol. The summed E-state index contributed by atoms with van der Waals surface area (Å²) in [5, 5.41) is 6.21. The van der Waals surface area contributed by atoms with Crippen LogP contribution in [0.15, 0.2) is 41.5 Å². The second-order valence-corrected chi connectivity index (χ2v) is 7.17. The van der Waals surface area contributed by atoms with Crippen LogP contribution in [0.2, 0.25) is 0 Å². The first-order chi connectivity index (χ1) is 13.8. The van der Waals surface area contributed by atoms with E-state index in [2.05, 4.69) is 0 Å². The molecule has 1 atom stereocenters. The molecular weight excluding hydrogens is 372 g/mol. The van der Waals surface area contributed by atoms with E-state index in [1.165, 1.54) is 16.8 Å². The number of carbonyl (C=O) groups is 2. The van der Waals surface area contributed by atoms with E-state index in [1.54, 1.807) is 19.2 Å². The monoisotopic (exact) mass is 394 g/mol. The van der Waals surface area contributed by atoms with Gasteiger partial charge >= 0.3 is 6.03 Å². The van der Waals surface area contributed by atoms with E-state index in [9.17, 15) is 9.59 Å². The Kier molecular flexibility index (Phi) is 4.62. The molecular formula is C21H22N4O4. The van der Waals surface area contributed by atoms with Crippen LogP contribution in [-0.2, 0) is 11.2 Å². The average Bonchev–Trinajstić information content (AvgIpc) is 3.09. The van der Waals surface area contributed by atoms with Gasteiger partial charge in [-0.2, -0.15) is 5.10 Å². The lowest BCUT2D eigenvalue weighted by atomic mass is 9.94. The van der Waals surface area contributed by atoms with Gasteiger partial charge in [0, 0.05) is 30.8 Å². The molecule has 4 rings (SSSR count). The van der Waals surface area contributed by atoms with Crippen LogP contribution in [0.5, 0.6) is 11.5 Å². The van der Waals surface area contributed by atoms with Crippen molar-refractivity contribution in [1.82, 2.24) is 5.01 Å². The van der Waals surface area contributed by atoms with Crippen LogP contribution >= 0.6 is 0 Å². The third-order valence-corrected chi connectivity index (χ3v) is 5.18. The van der Waals surface area contributed by atoms with Crippen molar-refractivity contribution in [2.24, 2.45) is 10.8 Å². The third-order valence-electron chi connectivity index (χ3n) is 5.18. The van der Waals surface area contributed by atoms with E-state index < -0.39 is 6.03 Å².